The van der Waals surface area contributed by atoms with Crippen LogP contribution in [0.2, 0.25) is 0 Å². The van der Waals surface area contributed by atoms with Crippen molar-refractivity contribution in [1.82, 2.24) is 0 Å². The van der Waals surface area contributed by atoms with Gasteiger partial charge in [-0.2, -0.15) is 0 Å². The Labute approximate surface area is 262 Å². The minimum atomic E-state index is -4.28. The van der Waals surface area contributed by atoms with Crippen molar-refractivity contribution >= 4 is 13.8 Å². The first-order valence-corrected chi connectivity index (χ1v) is 18.1. The third-order valence-electron chi connectivity index (χ3n) is 6.52. The number of esters is 1. The molecule has 0 spiro atoms. The Balaban J connectivity index is 4.29. The highest BCUT2D eigenvalue weighted by atomic mass is 31.2. The average molecular weight is 628 g/mol. The van der Waals surface area contributed by atoms with Crippen molar-refractivity contribution in [3.05, 3.63) is 48.6 Å². The predicted molar refractivity (Wildman–Crippen MR) is 178 cm³/mol. The standard InChI is InChI=1S/C34H62NO7P/c1-3-5-7-9-11-13-15-16-17-19-21-23-25-27-34(36)42-33(32-41-43(37,38)40-30-28-35)31-39-29-26-24-22-20-18-14-12-10-8-6-4-2/h5,7,11,13,16-17,21,23,33H,3-4,6,8-10,12,14-15,18-20,22,24-32,35H2,1-2H3,(H,37,38)/b7-5-,13-11-,17-16-,23-21-. The van der Waals surface area contributed by atoms with Gasteiger partial charge in [-0.05, 0) is 38.5 Å². The van der Waals surface area contributed by atoms with E-state index in [2.05, 4.69) is 50.3 Å². The summed E-state index contributed by atoms with van der Waals surface area (Å²) in [5.74, 6) is -0.412. The summed E-state index contributed by atoms with van der Waals surface area (Å²) < 4.78 is 33.0. The lowest BCUT2D eigenvalue weighted by Gasteiger charge is -2.20. The molecule has 8 nitrogen and oxygen atoms in total. The van der Waals surface area contributed by atoms with Gasteiger partial charge in [0.05, 0.1) is 19.8 Å². The van der Waals surface area contributed by atoms with Crippen LogP contribution in [0.1, 0.15) is 123 Å². The van der Waals surface area contributed by atoms with Crippen molar-refractivity contribution < 1.29 is 32.8 Å². The summed E-state index contributed by atoms with van der Waals surface area (Å²) in [5.41, 5.74) is 5.33. The summed E-state index contributed by atoms with van der Waals surface area (Å²) in [6.45, 7) is 4.67. The molecule has 0 aromatic carbocycles. The molecular formula is C34H62NO7P. The normalized spacial score (nSPS) is 14.4. The topological polar surface area (TPSA) is 117 Å². The molecule has 0 fully saturated rings. The maximum absolute atomic E-state index is 12.4. The number of allylic oxidation sites excluding steroid dienone is 8. The van der Waals surface area contributed by atoms with Gasteiger partial charge >= 0.3 is 13.8 Å². The minimum Gasteiger partial charge on any atom is -0.457 e. The first-order chi connectivity index (χ1) is 20.9. The van der Waals surface area contributed by atoms with Crippen molar-refractivity contribution in [2.75, 3.05) is 33.0 Å². The van der Waals surface area contributed by atoms with Crippen molar-refractivity contribution in [3.8, 4) is 0 Å². The van der Waals surface area contributed by atoms with Crippen molar-refractivity contribution in [2.24, 2.45) is 5.73 Å². The van der Waals surface area contributed by atoms with Gasteiger partial charge in [0.15, 0.2) is 0 Å². The van der Waals surface area contributed by atoms with Crippen LogP contribution in [0.15, 0.2) is 48.6 Å². The van der Waals surface area contributed by atoms with E-state index >= 15 is 0 Å². The number of unbranched alkanes of at least 4 members (excludes halogenated alkanes) is 10. The van der Waals surface area contributed by atoms with E-state index < -0.39 is 19.9 Å². The number of ether oxygens (including phenoxy) is 2. The second-order valence-corrected chi connectivity index (χ2v) is 12.1. The maximum atomic E-state index is 12.4. The first kappa shape index (κ1) is 41.5. The molecule has 0 saturated carbocycles. The summed E-state index contributed by atoms with van der Waals surface area (Å²) >= 11 is 0. The van der Waals surface area contributed by atoms with E-state index in [0.717, 1.165) is 38.5 Å². The minimum absolute atomic E-state index is 0.0877. The van der Waals surface area contributed by atoms with Gasteiger partial charge in [0, 0.05) is 19.6 Å². The van der Waals surface area contributed by atoms with E-state index in [0.29, 0.717) is 13.0 Å². The van der Waals surface area contributed by atoms with Crippen LogP contribution < -0.4 is 5.73 Å². The van der Waals surface area contributed by atoms with E-state index in [1.54, 1.807) is 0 Å². The van der Waals surface area contributed by atoms with Crippen LogP contribution >= 0.6 is 7.82 Å². The zero-order valence-corrected chi connectivity index (χ0v) is 28.1. The molecule has 0 aliphatic heterocycles. The Morgan fingerprint density at radius 1 is 0.721 bits per heavy atom. The fourth-order valence-corrected chi connectivity index (χ4v) is 4.89. The molecular weight excluding hydrogens is 565 g/mol. The molecule has 0 aromatic rings. The Morgan fingerprint density at radius 3 is 1.81 bits per heavy atom. The zero-order chi connectivity index (χ0) is 31.7. The summed E-state index contributed by atoms with van der Waals surface area (Å²) in [7, 11) is -4.28. The van der Waals surface area contributed by atoms with Gasteiger partial charge < -0.3 is 20.1 Å². The van der Waals surface area contributed by atoms with E-state index in [1.807, 2.05) is 12.2 Å². The number of phosphoric acid groups is 1. The number of carbonyl (C=O) groups excluding carboxylic acids is 1. The van der Waals surface area contributed by atoms with Gasteiger partial charge in [-0.1, -0.05) is 127 Å². The molecule has 2 unspecified atom stereocenters. The van der Waals surface area contributed by atoms with Gasteiger partial charge in [0.25, 0.3) is 0 Å². The van der Waals surface area contributed by atoms with E-state index in [9.17, 15) is 14.3 Å². The molecule has 9 heteroatoms. The Kier molecular flexibility index (Phi) is 30.7. The Hall–Kier alpha value is -1.54. The fraction of sp³-hybridized carbons (Fsp3) is 0.735. The van der Waals surface area contributed by atoms with Crippen LogP contribution in [0.4, 0.5) is 0 Å². The first-order valence-electron chi connectivity index (χ1n) is 16.6. The molecule has 0 aromatic heterocycles. The average Bonchev–Trinajstić information content (AvgIpc) is 2.99. The molecule has 43 heavy (non-hydrogen) atoms. The smallest absolute Gasteiger partial charge is 0.457 e. The summed E-state index contributed by atoms with van der Waals surface area (Å²) in [6, 6.07) is 0. The highest BCUT2D eigenvalue weighted by Crippen LogP contribution is 2.43. The molecule has 0 heterocycles. The quantitative estimate of drug-likeness (QED) is 0.0339. The second-order valence-electron chi connectivity index (χ2n) is 10.6. The van der Waals surface area contributed by atoms with Crippen LogP contribution in [0.3, 0.4) is 0 Å². The van der Waals surface area contributed by atoms with Crippen molar-refractivity contribution in [1.29, 1.82) is 0 Å². The molecule has 0 radical (unpaired) electrons. The summed E-state index contributed by atoms with van der Waals surface area (Å²) in [6.07, 6.45) is 34.2. The highest BCUT2D eigenvalue weighted by molar-refractivity contribution is 7.47. The summed E-state index contributed by atoms with van der Waals surface area (Å²) in [4.78, 5) is 22.2. The molecule has 0 saturated heterocycles. The zero-order valence-electron chi connectivity index (χ0n) is 27.2. The number of nitrogens with two attached hydrogens (primary N) is 1. The van der Waals surface area contributed by atoms with Gasteiger partial charge in [-0.3, -0.25) is 13.8 Å². The van der Waals surface area contributed by atoms with Gasteiger partial charge in [0.2, 0.25) is 0 Å². The molecule has 2 atom stereocenters. The number of hydrogen-bond acceptors (Lipinski definition) is 7. The van der Waals surface area contributed by atoms with Crippen molar-refractivity contribution in [3.63, 3.8) is 0 Å². The molecule has 0 amide bonds. The Morgan fingerprint density at radius 2 is 1.26 bits per heavy atom. The van der Waals surface area contributed by atoms with Gasteiger partial charge in [-0.25, -0.2) is 4.57 Å². The van der Waals surface area contributed by atoms with E-state index in [4.69, 9.17) is 24.3 Å². The predicted octanol–water partition coefficient (Wildman–Crippen LogP) is 8.90. The third-order valence-corrected chi connectivity index (χ3v) is 7.51. The second kappa shape index (κ2) is 31.9. The number of hydrogen-bond donors (Lipinski definition) is 2. The molecule has 0 rings (SSSR count). The largest absolute Gasteiger partial charge is 0.472 e. The van der Waals surface area contributed by atoms with Gasteiger partial charge in [-0.15, -0.1) is 0 Å². The Bertz CT molecular complexity index is 798. The SMILES string of the molecule is CC/C=C\C/C=C\C/C=C\C/C=C\CCC(=O)OC(COCCCCCCCCCCCCC)COP(=O)(O)OCCN. The summed E-state index contributed by atoms with van der Waals surface area (Å²) in [5, 5.41) is 0. The number of rotatable bonds is 31. The highest BCUT2D eigenvalue weighted by Gasteiger charge is 2.25. The van der Waals surface area contributed by atoms with Crippen molar-refractivity contribution in [2.45, 2.75) is 129 Å². The fourth-order valence-electron chi connectivity index (χ4n) is 4.13. The molecule has 0 aliphatic carbocycles. The lowest BCUT2D eigenvalue weighted by molar-refractivity contribution is -0.154. The van der Waals surface area contributed by atoms with Crippen LogP contribution in [0, 0.1) is 0 Å². The lowest BCUT2D eigenvalue weighted by atomic mass is 10.1. The number of carbonyl (C=O) groups is 1. The molecule has 0 aliphatic rings. The van der Waals surface area contributed by atoms with Crippen LogP contribution in [-0.2, 0) is 27.9 Å². The molecule has 3 N–H and O–H groups in total. The lowest BCUT2D eigenvalue weighted by Crippen LogP contribution is -2.28. The van der Waals surface area contributed by atoms with E-state index in [-0.39, 0.29) is 32.8 Å². The third kappa shape index (κ3) is 31.7. The monoisotopic (exact) mass is 627 g/mol. The maximum Gasteiger partial charge on any atom is 0.472 e. The van der Waals surface area contributed by atoms with Crippen LogP contribution in [0.25, 0.3) is 0 Å². The van der Waals surface area contributed by atoms with Crippen LogP contribution in [-0.4, -0.2) is 49.9 Å². The van der Waals surface area contributed by atoms with Gasteiger partial charge in [0.1, 0.15) is 6.10 Å². The van der Waals surface area contributed by atoms with Crippen LogP contribution in [0.5, 0.6) is 0 Å². The molecule has 250 valence electrons. The number of phosphoric ester groups is 1. The molecule has 0 bridgehead atoms. The van der Waals surface area contributed by atoms with E-state index in [1.165, 1.54) is 57.8 Å².